The zero-order valence-corrected chi connectivity index (χ0v) is 16.4. The molecule has 3 aromatic rings. The monoisotopic (exact) mass is 419 g/mol. The molecule has 0 radical (unpaired) electrons. The van der Waals surface area contributed by atoms with Gasteiger partial charge in [0.2, 0.25) is 5.91 Å². The zero-order valence-electron chi connectivity index (χ0n) is 16.4. The molecule has 0 aliphatic heterocycles. The van der Waals surface area contributed by atoms with Gasteiger partial charge in [0.1, 0.15) is 12.1 Å². The van der Waals surface area contributed by atoms with Gasteiger partial charge in [-0.15, -0.1) is 5.10 Å². The molecule has 0 saturated heterocycles. The molecule has 3 rings (SSSR count). The van der Waals surface area contributed by atoms with Crippen LogP contribution in [0.2, 0.25) is 0 Å². The van der Waals surface area contributed by atoms with Crippen molar-refractivity contribution in [1.82, 2.24) is 15.0 Å². The lowest BCUT2D eigenvalue weighted by Crippen LogP contribution is -2.31. The summed E-state index contributed by atoms with van der Waals surface area (Å²) in [5.74, 6) is -0.686. The van der Waals surface area contributed by atoms with E-state index < -0.39 is 29.8 Å². The fourth-order valence-corrected chi connectivity index (χ4v) is 3.11. The Morgan fingerprint density at radius 2 is 1.83 bits per heavy atom. The first-order valence-corrected chi connectivity index (χ1v) is 9.33. The van der Waals surface area contributed by atoms with Crippen LogP contribution in [0, 0.1) is 0 Å². The Hall–Kier alpha value is -3.43. The predicted molar refractivity (Wildman–Crippen MR) is 107 cm³/mol. The number of nitrogens with one attached hydrogen (secondary N) is 1. The van der Waals surface area contributed by atoms with E-state index in [1.165, 1.54) is 6.07 Å². The number of halogens is 3. The number of benzene rings is 2. The lowest BCUT2D eigenvalue weighted by Gasteiger charge is -2.25. The number of hydrogen-bond donors (Lipinski definition) is 1. The molecular formula is C20H20F3N5O2. The van der Waals surface area contributed by atoms with Gasteiger partial charge in [-0.3, -0.25) is 9.59 Å². The summed E-state index contributed by atoms with van der Waals surface area (Å²) in [5, 5.41) is 10.4. The summed E-state index contributed by atoms with van der Waals surface area (Å²) < 4.78 is 40.4. The van der Waals surface area contributed by atoms with Crippen molar-refractivity contribution in [3.05, 3.63) is 58.4 Å². The highest BCUT2D eigenvalue weighted by atomic mass is 19.4. The summed E-state index contributed by atoms with van der Waals surface area (Å²) in [4.78, 5) is 26.9. The maximum Gasteiger partial charge on any atom is 0.416 e. The van der Waals surface area contributed by atoms with Crippen LogP contribution in [0.25, 0.3) is 10.9 Å². The van der Waals surface area contributed by atoms with Gasteiger partial charge in [-0.1, -0.05) is 17.3 Å². The topological polar surface area (TPSA) is 80.1 Å². The fourth-order valence-electron chi connectivity index (χ4n) is 3.11. The van der Waals surface area contributed by atoms with Gasteiger partial charge in [0.15, 0.2) is 0 Å². The molecule has 7 nitrogen and oxygen atoms in total. The molecule has 1 N–H and O–H groups in total. The number of hydrogen-bond acceptors (Lipinski definition) is 5. The van der Waals surface area contributed by atoms with Crippen molar-refractivity contribution in [2.45, 2.75) is 26.6 Å². The minimum Gasteiger partial charge on any atom is -0.370 e. The lowest BCUT2D eigenvalue weighted by molar-refractivity contribution is -0.137. The number of amides is 1. The normalized spacial score (nSPS) is 11.5. The van der Waals surface area contributed by atoms with Crippen LogP contribution < -0.4 is 15.8 Å². The van der Waals surface area contributed by atoms with E-state index in [1.807, 2.05) is 18.7 Å². The van der Waals surface area contributed by atoms with Crippen LogP contribution >= 0.6 is 0 Å². The van der Waals surface area contributed by atoms with Crippen LogP contribution in [0.1, 0.15) is 19.4 Å². The molecule has 158 valence electrons. The summed E-state index contributed by atoms with van der Waals surface area (Å²) >= 11 is 0. The van der Waals surface area contributed by atoms with Crippen LogP contribution in [-0.2, 0) is 17.5 Å². The highest BCUT2D eigenvalue weighted by Gasteiger charge is 2.31. The molecule has 2 aromatic carbocycles. The first-order chi connectivity index (χ1) is 14.2. The zero-order chi connectivity index (χ0) is 21.9. The number of anilines is 2. The molecule has 1 amide bonds. The van der Waals surface area contributed by atoms with E-state index in [9.17, 15) is 22.8 Å². The van der Waals surface area contributed by atoms with Crippen molar-refractivity contribution in [3.63, 3.8) is 0 Å². The Morgan fingerprint density at radius 1 is 1.13 bits per heavy atom. The first-order valence-electron chi connectivity index (χ1n) is 9.33. The van der Waals surface area contributed by atoms with Gasteiger partial charge in [-0.25, -0.2) is 4.68 Å². The quantitative estimate of drug-likeness (QED) is 0.663. The third-order valence-corrected chi connectivity index (χ3v) is 4.62. The van der Waals surface area contributed by atoms with Crippen LogP contribution in [0.15, 0.2) is 47.3 Å². The summed E-state index contributed by atoms with van der Waals surface area (Å²) in [6, 6.07) is 9.74. The van der Waals surface area contributed by atoms with Crippen molar-refractivity contribution in [3.8, 4) is 0 Å². The van der Waals surface area contributed by atoms with Gasteiger partial charge in [-0.2, -0.15) is 13.2 Å². The molecule has 0 aliphatic carbocycles. The molecule has 0 saturated carbocycles. The van der Waals surface area contributed by atoms with E-state index in [-0.39, 0.29) is 5.69 Å². The minimum atomic E-state index is -4.55. The second-order valence-corrected chi connectivity index (χ2v) is 6.52. The van der Waals surface area contributed by atoms with Crippen molar-refractivity contribution in [2.24, 2.45) is 0 Å². The molecular weight excluding hydrogens is 399 g/mol. The summed E-state index contributed by atoms with van der Waals surface area (Å²) in [5.41, 5.74) is -0.528. The molecule has 0 unspecified atom stereocenters. The van der Waals surface area contributed by atoms with Gasteiger partial charge >= 0.3 is 6.18 Å². The SMILES string of the molecule is CCN(CC)c1ccc(C(F)(F)F)cc1NC(=O)Cn1nnc2ccccc2c1=O. The molecule has 30 heavy (non-hydrogen) atoms. The third-order valence-electron chi connectivity index (χ3n) is 4.62. The van der Waals surface area contributed by atoms with Crippen molar-refractivity contribution < 1.29 is 18.0 Å². The highest BCUT2D eigenvalue weighted by molar-refractivity contribution is 5.94. The number of alkyl halides is 3. The Balaban J connectivity index is 1.92. The molecule has 0 spiro atoms. The van der Waals surface area contributed by atoms with E-state index in [2.05, 4.69) is 15.6 Å². The molecule has 1 heterocycles. The lowest BCUT2D eigenvalue weighted by atomic mass is 10.1. The second-order valence-electron chi connectivity index (χ2n) is 6.52. The van der Waals surface area contributed by atoms with E-state index >= 15 is 0 Å². The minimum absolute atomic E-state index is 0.0142. The Bertz CT molecular complexity index is 1120. The van der Waals surface area contributed by atoms with E-state index in [0.29, 0.717) is 29.7 Å². The number of nitrogens with zero attached hydrogens (tertiary/aromatic N) is 4. The maximum atomic E-state index is 13.2. The van der Waals surface area contributed by atoms with Crippen LogP contribution in [0.5, 0.6) is 0 Å². The number of fused-ring (bicyclic) bond motifs is 1. The highest BCUT2D eigenvalue weighted by Crippen LogP contribution is 2.35. The van der Waals surface area contributed by atoms with Crippen LogP contribution in [0.3, 0.4) is 0 Å². The van der Waals surface area contributed by atoms with Gasteiger partial charge < -0.3 is 10.2 Å². The predicted octanol–water partition coefficient (Wildman–Crippen LogP) is 3.30. The summed E-state index contributed by atoms with van der Waals surface area (Å²) in [6.45, 7) is 4.32. The number of aromatic nitrogens is 3. The van der Waals surface area contributed by atoms with Gasteiger partial charge in [-0.05, 0) is 44.2 Å². The van der Waals surface area contributed by atoms with E-state index in [0.717, 1.165) is 16.8 Å². The van der Waals surface area contributed by atoms with E-state index in [4.69, 9.17) is 0 Å². The number of carbonyl (C=O) groups is 1. The second kappa shape index (κ2) is 8.52. The number of rotatable bonds is 6. The van der Waals surface area contributed by atoms with Crippen molar-refractivity contribution in [1.29, 1.82) is 0 Å². The molecule has 0 aliphatic rings. The average Bonchev–Trinajstić information content (AvgIpc) is 2.71. The molecule has 0 bridgehead atoms. The molecule has 10 heteroatoms. The number of carbonyl (C=O) groups excluding carboxylic acids is 1. The van der Waals surface area contributed by atoms with Gasteiger partial charge in [0.25, 0.3) is 5.56 Å². The Morgan fingerprint density at radius 3 is 2.50 bits per heavy atom. The molecule has 1 aromatic heterocycles. The average molecular weight is 419 g/mol. The standard InChI is InChI=1S/C20H20F3N5O2/c1-3-27(4-2)17-10-9-13(20(21,22)23)11-16(17)24-18(29)12-28-19(30)14-7-5-6-8-15(14)25-26-28/h5-11H,3-4,12H2,1-2H3,(H,24,29). The van der Waals surface area contributed by atoms with Crippen molar-refractivity contribution >= 4 is 28.2 Å². The third kappa shape index (κ3) is 4.42. The van der Waals surface area contributed by atoms with E-state index in [1.54, 1.807) is 24.3 Å². The van der Waals surface area contributed by atoms with Gasteiger partial charge in [0, 0.05) is 13.1 Å². The van der Waals surface area contributed by atoms with Crippen LogP contribution in [0.4, 0.5) is 24.5 Å². The summed E-state index contributed by atoms with van der Waals surface area (Å²) in [6.07, 6.45) is -4.55. The maximum absolute atomic E-state index is 13.2. The molecule has 0 atom stereocenters. The van der Waals surface area contributed by atoms with Crippen molar-refractivity contribution in [2.75, 3.05) is 23.3 Å². The fraction of sp³-hybridized carbons (Fsp3) is 0.300. The largest absolute Gasteiger partial charge is 0.416 e. The van der Waals surface area contributed by atoms with Gasteiger partial charge in [0.05, 0.1) is 22.3 Å². The summed E-state index contributed by atoms with van der Waals surface area (Å²) in [7, 11) is 0. The Labute approximate surface area is 170 Å². The molecule has 0 fully saturated rings. The Kier molecular flexibility index (Phi) is 6.04. The smallest absolute Gasteiger partial charge is 0.370 e. The van der Waals surface area contributed by atoms with Crippen LogP contribution in [-0.4, -0.2) is 34.0 Å². The first kappa shape index (κ1) is 21.3.